The van der Waals surface area contributed by atoms with Crippen LogP contribution in [0.1, 0.15) is 29.9 Å². The van der Waals surface area contributed by atoms with Gasteiger partial charge < -0.3 is 10.0 Å². The maximum Gasteiger partial charge on any atom is 0.326 e. The predicted molar refractivity (Wildman–Crippen MR) is 62.8 cm³/mol. The molecule has 1 amide bonds. The highest BCUT2D eigenvalue weighted by atomic mass is 16.4. The van der Waals surface area contributed by atoms with Crippen LogP contribution in [0.4, 0.5) is 0 Å². The molecule has 1 aromatic rings. The molecule has 5 heteroatoms. The zero-order valence-corrected chi connectivity index (χ0v) is 10.2. The summed E-state index contributed by atoms with van der Waals surface area (Å²) in [5.41, 5.74) is 1.15. The largest absolute Gasteiger partial charge is 0.480 e. The van der Waals surface area contributed by atoms with Gasteiger partial charge in [0.2, 0.25) is 0 Å². The number of carboxylic acids is 1. The van der Waals surface area contributed by atoms with E-state index in [1.165, 1.54) is 25.1 Å². The summed E-state index contributed by atoms with van der Waals surface area (Å²) in [6, 6.07) is 2.71. The number of hydrogen-bond acceptors (Lipinski definition) is 3. The SMILES string of the molecule is CCc1cccnc1C(=O)N(C)C(C)C(=O)O. The van der Waals surface area contributed by atoms with Crippen molar-refractivity contribution in [2.45, 2.75) is 26.3 Å². The highest BCUT2D eigenvalue weighted by Gasteiger charge is 2.24. The van der Waals surface area contributed by atoms with Gasteiger partial charge in [0.15, 0.2) is 0 Å². The Morgan fingerprint density at radius 1 is 1.53 bits per heavy atom. The predicted octanol–water partition coefficient (Wildman–Crippen LogP) is 1.19. The van der Waals surface area contributed by atoms with Gasteiger partial charge in [0, 0.05) is 13.2 Å². The number of carbonyl (C=O) groups is 2. The molecule has 0 radical (unpaired) electrons. The number of aryl methyl sites for hydroxylation is 1. The molecule has 0 saturated carbocycles. The Balaban J connectivity index is 3.00. The van der Waals surface area contributed by atoms with Crippen molar-refractivity contribution in [3.05, 3.63) is 29.6 Å². The molecule has 5 nitrogen and oxygen atoms in total. The van der Waals surface area contributed by atoms with Crippen LogP contribution in [0.5, 0.6) is 0 Å². The lowest BCUT2D eigenvalue weighted by Crippen LogP contribution is -2.40. The van der Waals surface area contributed by atoms with Gasteiger partial charge in [-0.25, -0.2) is 4.79 Å². The zero-order valence-electron chi connectivity index (χ0n) is 10.2. The van der Waals surface area contributed by atoms with Crippen molar-refractivity contribution in [2.24, 2.45) is 0 Å². The van der Waals surface area contributed by atoms with E-state index in [2.05, 4.69) is 4.98 Å². The Morgan fingerprint density at radius 2 is 2.18 bits per heavy atom. The molecule has 0 bridgehead atoms. The highest BCUT2D eigenvalue weighted by molar-refractivity contribution is 5.95. The number of carboxylic acid groups (broad SMARTS) is 1. The van der Waals surface area contributed by atoms with Crippen LogP contribution in [-0.4, -0.2) is 40.0 Å². The van der Waals surface area contributed by atoms with Crippen molar-refractivity contribution in [3.63, 3.8) is 0 Å². The number of nitrogens with zero attached hydrogens (tertiary/aromatic N) is 2. The molecule has 1 unspecified atom stereocenters. The van der Waals surface area contributed by atoms with Crippen LogP contribution in [0.15, 0.2) is 18.3 Å². The quantitative estimate of drug-likeness (QED) is 0.852. The molecule has 1 N–H and O–H groups in total. The molecule has 1 atom stereocenters. The molecule has 1 aromatic heterocycles. The number of rotatable bonds is 4. The van der Waals surface area contributed by atoms with Gasteiger partial charge in [-0.15, -0.1) is 0 Å². The normalized spacial score (nSPS) is 11.9. The highest BCUT2D eigenvalue weighted by Crippen LogP contribution is 2.10. The molecular formula is C12H16N2O3. The molecule has 92 valence electrons. The Bertz CT molecular complexity index is 432. The molecule has 0 aromatic carbocycles. The molecule has 0 aliphatic rings. The lowest BCUT2D eigenvalue weighted by atomic mass is 10.1. The van der Waals surface area contributed by atoms with E-state index in [-0.39, 0.29) is 5.91 Å². The van der Waals surface area contributed by atoms with Crippen molar-refractivity contribution in [3.8, 4) is 0 Å². The summed E-state index contributed by atoms with van der Waals surface area (Å²) in [6.45, 7) is 3.39. The van der Waals surface area contributed by atoms with Gasteiger partial charge >= 0.3 is 5.97 Å². The summed E-state index contributed by atoms with van der Waals surface area (Å²) >= 11 is 0. The van der Waals surface area contributed by atoms with Gasteiger partial charge in [0.25, 0.3) is 5.91 Å². The maximum atomic E-state index is 12.1. The number of aromatic nitrogens is 1. The second-order valence-corrected chi connectivity index (χ2v) is 3.79. The molecule has 17 heavy (non-hydrogen) atoms. The Morgan fingerprint density at radius 3 is 2.71 bits per heavy atom. The molecule has 0 saturated heterocycles. The molecular weight excluding hydrogens is 220 g/mol. The monoisotopic (exact) mass is 236 g/mol. The van der Waals surface area contributed by atoms with Gasteiger partial charge in [-0.3, -0.25) is 9.78 Å². The van der Waals surface area contributed by atoms with Gasteiger partial charge in [0.05, 0.1) is 0 Å². The van der Waals surface area contributed by atoms with E-state index >= 15 is 0 Å². The fourth-order valence-electron chi connectivity index (χ4n) is 1.43. The summed E-state index contributed by atoms with van der Waals surface area (Å²) in [5.74, 6) is -1.40. The first-order chi connectivity index (χ1) is 7.99. The van der Waals surface area contributed by atoms with E-state index in [1.807, 2.05) is 13.0 Å². The summed E-state index contributed by atoms with van der Waals surface area (Å²) in [7, 11) is 1.47. The van der Waals surface area contributed by atoms with Crippen LogP contribution in [0.25, 0.3) is 0 Å². The van der Waals surface area contributed by atoms with Crippen LogP contribution >= 0.6 is 0 Å². The number of aliphatic carboxylic acids is 1. The Kier molecular flexibility index (Phi) is 4.20. The van der Waals surface area contributed by atoms with Gasteiger partial charge in [-0.1, -0.05) is 13.0 Å². The van der Waals surface area contributed by atoms with Gasteiger partial charge in [-0.2, -0.15) is 0 Å². The third-order valence-electron chi connectivity index (χ3n) is 2.73. The van der Waals surface area contributed by atoms with E-state index in [0.29, 0.717) is 12.1 Å². The maximum absolute atomic E-state index is 12.1. The topological polar surface area (TPSA) is 70.5 Å². The van der Waals surface area contributed by atoms with Crippen molar-refractivity contribution in [1.82, 2.24) is 9.88 Å². The van der Waals surface area contributed by atoms with Gasteiger partial charge in [-0.05, 0) is 25.0 Å². The smallest absolute Gasteiger partial charge is 0.326 e. The number of pyridine rings is 1. The zero-order chi connectivity index (χ0) is 13.0. The van der Waals surface area contributed by atoms with Crippen molar-refractivity contribution < 1.29 is 14.7 Å². The summed E-state index contributed by atoms with van der Waals surface area (Å²) in [4.78, 5) is 28.1. The number of carbonyl (C=O) groups excluding carboxylic acids is 1. The lowest BCUT2D eigenvalue weighted by Gasteiger charge is -2.21. The number of amides is 1. The van der Waals surface area contributed by atoms with E-state index in [0.717, 1.165) is 5.56 Å². The third kappa shape index (κ3) is 2.81. The van der Waals surface area contributed by atoms with E-state index in [1.54, 1.807) is 6.07 Å². The second-order valence-electron chi connectivity index (χ2n) is 3.79. The molecule has 0 aliphatic heterocycles. The van der Waals surface area contributed by atoms with E-state index in [4.69, 9.17) is 5.11 Å². The van der Waals surface area contributed by atoms with Crippen LogP contribution in [0.2, 0.25) is 0 Å². The summed E-state index contributed by atoms with van der Waals surface area (Å²) < 4.78 is 0. The number of hydrogen-bond donors (Lipinski definition) is 1. The fourth-order valence-corrected chi connectivity index (χ4v) is 1.43. The minimum Gasteiger partial charge on any atom is -0.480 e. The molecule has 1 rings (SSSR count). The third-order valence-corrected chi connectivity index (χ3v) is 2.73. The van der Waals surface area contributed by atoms with Crippen LogP contribution in [0, 0.1) is 0 Å². The first-order valence-corrected chi connectivity index (χ1v) is 5.42. The summed E-state index contributed by atoms with van der Waals surface area (Å²) in [6.07, 6.45) is 2.22. The molecule has 0 fully saturated rings. The van der Waals surface area contributed by atoms with Crippen LogP contribution in [-0.2, 0) is 11.2 Å². The first kappa shape index (κ1) is 13.2. The van der Waals surface area contributed by atoms with Crippen LogP contribution < -0.4 is 0 Å². The molecule has 0 spiro atoms. The minimum absolute atomic E-state index is 0.325. The Hall–Kier alpha value is -1.91. The number of likely N-dealkylation sites (N-methyl/N-ethyl adjacent to an activating group) is 1. The van der Waals surface area contributed by atoms with Crippen molar-refractivity contribution in [1.29, 1.82) is 0 Å². The van der Waals surface area contributed by atoms with Crippen LogP contribution in [0.3, 0.4) is 0 Å². The second kappa shape index (κ2) is 5.43. The van der Waals surface area contributed by atoms with E-state index in [9.17, 15) is 9.59 Å². The molecule has 1 heterocycles. The average molecular weight is 236 g/mol. The minimum atomic E-state index is -1.03. The summed E-state index contributed by atoms with van der Waals surface area (Å²) in [5, 5.41) is 8.86. The van der Waals surface area contributed by atoms with Crippen molar-refractivity contribution >= 4 is 11.9 Å². The Labute approximate surface area is 100 Å². The van der Waals surface area contributed by atoms with E-state index < -0.39 is 12.0 Å². The molecule has 0 aliphatic carbocycles. The lowest BCUT2D eigenvalue weighted by molar-refractivity contribution is -0.141. The standard InChI is InChI=1S/C12H16N2O3/c1-4-9-6-5-7-13-10(9)11(15)14(3)8(2)12(16)17/h5-8H,4H2,1-3H3,(H,16,17). The fraction of sp³-hybridized carbons (Fsp3) is 0.417. The average Bonchev–Trinajstić information content (AvgIpc) is 2.35. The van der Waals surface area contributed by atoms with Crippen molar-refractivity contribution in [2.75, 3.05) is 7.05 Å². The first-order valence-electron chi connectivity index (χ1n) is 5.42. The van der Waals surface area contributed by atoms with Gasteiger partial charge in [0.1, 0.15) is 11.7 Å².